The van der Waals surface area contributed by atoms with Crippen molar-refractivity contribution in [2.24, 2.45) is 0 Å². The third kappa shape index (κ3) is 4.50. The maximum absolute atomic E-state index is 9.53. The van der Waals surface area contributed by atoms with Gasteiger partial charge in [0.05, 0.1) is 8.22 Å². The lowest BCUT2D eigenvalue weighted by molar-refractivity contribution is 0.669. The van der Waals surface area contributed by atoms with Gasteiger partial charge in [-0.05, 0) is 54.0 Å². The van der Waals surface area contributed by atoms with E-state index in [4.69, 9.17) is 27.9 Å². The molecule has 51 heavy (non-hydrogen) atoms. The van der Waals surface area contributed by atoms with Gasteiger partial charge in [0.1, 0.15) is 22.3 Å². The first-order valence-corrected chi connectivity index (χ1v) is 17.2. The number of para-hydroxylation sites is 2. The zero-order valence-corrected chi connectivity index (χ0v) is 27.4. The largest absolute Gasteiger partial charge is 0.456 e. The summed E-state index contributed by atoms with van der Waals surface area (Å²) in [7, 11) is 0. The third-order valence-corrected chi connectivity index (χ3v) is 10.4. The summed E-state index contributed by atoms with van der Waals surface area (Å²) in [6.45, 7) is 0. The Morgan fingerprint density at radius 2 is 1.18 bits per heavy atom. The van der Waals surface area contributed by atoms with E-state index in [9.17, 15) is 4.11 Å². The van der Waals surface area contributed by atoms with Gasteiger partial charge in [-0.15, -0.1) is 11.3 Å². The average molecular weight is 678 g/mol. The molecule has 0 N–H and O–H groups in total. The van der Waals surface area contributed by atoms with E-state index in [0.29, 0.717) is 33.9 Å². The van der Waals surface area contributed by atoms with Crippen molar-refractivity contribution in [2.75, 3.05) is 0 Å². The zero-order valence-electron chi connectivity index (χ0n) is 32.5. The van der Waals surface area contributed by atoms with Gasteiger partial charge in [-0.2, -0.15) is 0 Å². The van der Waals surface area contributed by atoms with E-state index in [0.717, 1.165) is 36.5 Å². The molecule has 0 bridgehead atoms. The van der Waals surface area contributed by atoms with Gasteiger partial charge in [0.2, 0.25) is 0 Å². The predicted octanol–water partition coefficient (Wildman–Crippen LogP) is 12.7. The molecule has 0 aliphatic rings. The van der Waals surface area contributed by atoms with Crippen molar-refractivity contribution >= 4 is 75.4 Å². The topological polar surface area (TPSA) is 65.0 Å². The molecule has 0 radical (unpaired) electrons. The molecule has 0 atom stereocenters. The molecule has 6 heteroatoms. The van der Waals surface area contributed by atoms with Gasteiger partial charge in [-0.25, -0.2) is 15.0 Å². The summed E-state index contributed by atoms with van der Waals surface area (Å²) in [5.74, 6) is 0.615. The van der Waals surface area contributed by atoms with Crippen molar-refractivity contribution in [3.8, 4) is 45.3 Å². The van der Waals surface area contributed by atoms with Crippen LogP contribution in [0.1, 0.15) is 8.22 Å². The molecule has 0 unspecified atom stereocenters. The Morgan fingerprint density at radius 3 is 2.08 bits per heavy atom. The highest BCUT2D eigenvalue weighted by atomic mass is 32.1. The number of hydrogen-bond donors (Lipinski definition) is 0. The quantitative estimate of drug-likeness (QED) is 0.185. The predicted molar refractivity (Wildman–Crippen MR) is 209 cm³/mol. The van der Waals surface area contributed by atoms with E-state index >= 15 is 0 Å². The number of thiophene rings is 1. The van der Waals surface area contributed by atoms with Crippen molar-refractivity contribution in [2.45, 2.75) is 0 Å². The van der Waals surface area contributed by atoms with Gasteiger partial charge < -0.3 is 8.83 Å². The second kappa shape index (κ2) is 10.9. The molecular weight excluding hydrogens is 647 g/mol. The van der Waals surface area contributed by atoms with Crippen LogP contribution >= 0.6 is 11.3 Å². The summed E-state index contributed by atoms with van der Waals surface area (Å²) in [4.78, 5) is 14.5. The molecule has 0 spiro atoms. The van der Waals surface area contributed by atoms with Crippen molar-refractivity contribution in [3.63, 3.8) is 0 Å². The van der Waals surface area contributed by atoms with Crippen LogP contribution in [0.4, 0.5) is 0 Å². The first-order chi connectivity index (χ1) is 27.7. The summed E-state index contributed by atoms with van der Waals surface area (Å²) in [6.07, 6.45) is 0. The maximum Gasteiger partial charge on any atom is 0.164 e. The molecule has 11 rings (SSSR count). The molecule has 7 aromatic carbocycles. The normalized spacial score (nSPS) is 13.6. The van der Waals surface area contributed by atoms with E-state index in [2.05, 4.69) is 12.1 Å². The first-order valence-electron chi connectivity index (χ1n) is 19.4. The van der Waals surface area contributed by atoms with Crippen LogP contribution in [0.3, 0.4) is 0 Å². The Balaban J connectivity index is 1.16. The molecule has 4 heterocycles. The van der Waals surface area contributed by atoms with Crippen LogP contribution < -0.4 is 0 Å². The molecule has 4 aromatic heterocycles. The fourth-order valence-electron chi connectivity index (χ4n) is 6.81. The van der Waals surface area contributed by atoms with E-state index < -0.39 is 0 Å². The molecule has 0 amide bonds. The standard InChI is InChI=1S/C45H25N3O2S/c1-2-9-26(10-3-1)43-46-44(28-19-22-38-36(23-28)31-11-4-6-15-37(31)49-38)48-45(47-43)29-18-20-32-35-14-8-13-30(42(35)50-39(32)24-29)27-17-21-34-33-12-5-7-16-40(33)51-41(34)25-27/h1-25H/i8D,13D,14D,18D,20D,24D. The summed E-state index contributed by atoms with van der Waals surface area (Å²) < 4.78 is 69.7. The van der Waals surface area contributed by atoms with Gasteiger partial charge >= 0.3 is 0 Å². The second-order valence-electron chi connectivity index (χ2n) is 12.3. The Morgan fingerprint density at radius 1 is 0.451 bits per heavy atom. The first kappa shape index (κ1) is 22.9. The lowest BCUT2D eigenvalue weighted by atomic mass is 10.0. The highest BCUT2D eigenvalue weighted by molar-refractivity contribution is 7.25. The number of benzene rings is 7. The Kier molecular flexibility index (Phi) is 4.91. The lowest BCUT2D eigenvalue weighted by Gasteiger charge is -2.08. The SMILES string of the molecule is [2H]c1c([2H])c([2H])c2c(oc3c([2H])c(-c4nc(-c5ccccc5)nc(-c5ccc6oc7ccccc7c6c5)n4)c([2H])c([2H])c32)c1-c1ccc2c(c1)sc1ccccc12. The molecule has 0 aliphatic carbocycles. The Bertz CT molecular complexity index is 3510. The summed E-state index contributed by atoms with van der Waals surface area (Å²) >= 11 is 1.62. The number of fused-ring (bicyclic) bond motifs is 9. The third-order valence-electron chi connectivity index (χ3n) is 9.25. The van der Waals surface area contributed by atoms with Gasteiger partial charge in [0, 0.05) is 64.0 Å². The smallest absolute Gasteiger partial charge is 0.164 e. The Hall–Kier alpha value is -6.63. The van der Waals surface area contributed by atoms with Crippen molar-refractivity contribution in [3.05, 3.63) is 152 Å². The van der Waals surface area contributed by atoms with Crippen molar-refractivity contribution in [1.29, 1.82) is 0 Å². The number of hydrogen-bond acceptors (Lipinski definition) is 6. The molecule has 0 fully saturated rings. The molecule has 11 aromatic rings. The summed E-state index contributed by atoms with van der Waals surface area (Å²) in [6, 6.07) is 34.9. The van der Waals surface area contributed by atoms with Crippen LogP contribution in [0, 0.1) is 0 Å². The number of nitrogens with zero attached hydrogens (tertiary/aromatic N) is 3. The van der Waals surface area contributed by atoms with E-state index in [-0.39, 0.29) is 75.1 Å². The maximum atomic E-state index is 9.53. The molecule has 0 aliphatic heterocycles. The summed E-state index contributed by atoms with van der Waals surface area (Å²) in [5, 5.41) is 4.16. The van der Waals surface area contributed by atoms with E-state index in [1.54, 1.807) is 11.3 Å². The zero-order chi connectivity index (χ0) is 38.7. The Labute approximate surface area is 303 Å². The van der Waals surface area contributed by atoms with Crippen LogP contribution in [0.5, 0.6) is 0 Å². The van der Waals surface area contributed by atoms with Crippen molar-refractivity contribution < 1.29 is 17.1 Å². The lowest BCUT2D eigenvalue weighted by Crippen LogP contribution is -2.00. The van der Waals surface area contributed by atoms with Crippen LogP contribution in [0.2, 0.25) is 0 Å². The highest BCUT2D eigenvalue weighted by Crippen LogP contribution is 2.41. The fraction of sp³-hybridized carbons (Fsp3) is 0. The summed E-state index contributed by atoms with van der Waals surface area (Å²) in [5.41, 5.74) is 3.71. The molecule has 238 valence electrons. The van der Waals surface area contributed by atoms with Crippen LogP contribution in [0.25, 0.3) is 109 Å². The monoisotopic (exact) mass is 677 g/mol. The number of aromatic nitrogens is 3. The number of rotatable bonds is 4. The molecule has 0 saturated heterocycles. The average Bonchev–Trinajstić information content (AvgIpc) is 3.94. The molecular formula is C45H25N3O2S. The van der Waals surface area contributed by atoms with Gasteiger partial charge in [0.25, 0.3) is 0 Å². The minimum absolute atomic E-state index is 0.00533. The van der Waals surface area contributed by atoms with E-state index in [1.807, 2.05) is 103 Å². The van der Waals surface area contributed by atoms with Crippen LogP contribution in [-0.2, 0) is 0 Å². The minimum Gasteiger partial charge on any atom is -0.456 e. The fourth-order valence-corrected chi connectivity index (χ4v) is 7.96. The number of furan rings is 2. The second-order valence-corrected chi connectivity index (χ2v) is 13.4. The highest BCUT2D eigenvalue weighted by Gasteiger charge is 2.18. The van der Waals surface area contributed by atoms with Crippen molar-refractivity contribution in [1.82, 2.24) is 15.0 Å². The van der Waals surface area contributed by atoms with Gasteiger partial charge in [-0.1, -0.05) is 103 Å². The van der Waals surface area contributed by atoms with Crippen LogP contribution in [-0.4, -0.2) is 15.0 Å². The molecule has 0 saturated carbocycles. The minimum atomic E-state index is -0.338. The molecule has 5 nitrogen and oxygen atoms in total. The van der Waals surface area contributed by atoms with E-state index in [1.165, 1.54) is 0 Å². The van der Waals surface area contributed by atoms with Gasteiger partial charge in [-0.3, -0.25) is 0 Å². The van der Waals surface area contributed by atoms with Crippen LogP contribution in [0.15, 0.2) is 160 Å². The van der Waals surface area contributed by atoms with Gasteiger partial charge in [0.15, 0.2) is 17.5 Å².